The first-order valence-electron chi connectivity index (χ1n) is 7.75. The van der Waals surface area contributed by atoms with Gasteiger partial charge in [-0.15, -0.1) is 0 Å². The highest BCUT2D eigenvalue weighted by Gasteiger charge is 2.26. The number of methoxy groups -OCH3 is 1. The van der Waals surface area contributed by atoms with Crippen molar-refractivity contribution < 1.29 is 4.74 Å². The number of nitrogens with zero attached hydrogens (tertiary/aromatic N) is 1. The summed E-state index contributed by atoms with van der Waals surface area (Å²) in [6.45, 7) is 7.18. The van der Waals surface area contributed by atoms with E-state index in [2.05, 4.69) is 42.7 Å². The molecule has 0 saturated carbocycles. The monoisotopic (exact) mass is 286 g/mol. The van der Waals surface area contributed by atoms with Gasteiger partial charge in [0, 0.05) is 12.6 Å². The van der Waals surface area contributed by atoms with Gasteiger partial charge in [0.05, 0.1) is 19.2 Å². The lowest BCUT2D eigenvalue weighted by Gasteiger charge is -2.27. The van der Waals surface area contributed by atoms with Crippen LogP contribution in [-0.2, 0) is 6.54 Å². The molecular formula is C18H26N2O. The minimum Gasteiger partial charge on any atom is -0.495 e. The molecule has 0 amide bonds. The largest absolute Gasteiger partial charge is 0.495 e. The maximum absolute atomic E-state index is 5.47. The Balaban J connectivity index is 2.17. The number of nitrogens with two attached hydrogens (primary N) is 1. The molecule has 0 bridgehead atoms. The molecule has 1 atom stereocenters. The standard InChI is InChI=1S/C18H26N2O/c1-14(2)17-7-5-11-20(17)13-15-8-9-18(21-3)16(12-15)6-4-10-19/h8-9,12,14,17H,5,7,10-11,13,19H2,1-3H3. The lowest BCUT2D eigenvalue weighted by atomic mass is 10.0. The van der Waals surface area contributed by atoms with E-state index in [0.717, 1.165) is 17.9 Å². The van der Waals surface area contributed by atoms with Gasteiger partial charge >= 0.3 is 0 Å². The van der Waals surface area contributed by atoms with Crippen LogP contribution in [0.15, 0.2) is 18.2 Å². The molecule has 21 heavy (non-hydrogen) atoms. The molecule has 3 heteroatoms. The molecule has 1 unspecified atom stereocenters. The summed E-state index contributed by atoms with van der Waals surface area (Å²) in [5.74, 6) is 7.55. The predicted octanol–water partition coefficient (Wildman–Crippen LogP) is 2.63. The summed E-state index contributed by atoms with van der Waals surface area (Å²) >= 11 is 0. The van der Waals surface area contributed by atoms with Crippen LogP contribution in [0.25, 0.3) is 0 Å². The topological polar surface area (TPSA) is 38.5 Å². The first kappa shape index (κ1) is 15.9. The van der Waals surface area contributed by atoms with Crippen LogP contribution in [0.2, 0.25) is 0 Å². The fourth-order valence-corrected chi connectivity index (χ4v) is 3.14. The Labute approximate surface area is 128 Å². The van der Waals surface area contributed by atoms with Gasteiger partial charge in [-0.3, -0.25) is 4.90 Å². The van der Waals surface area contributed by atoms with Crippen LogP contribution in [0.1, 0.15) is 37.8 Å². The highest BCUT2D eigenvalue weighted by molar-refractivity contribution is 5.48. The van der Waals surface area contributed by atoms with Crippen LogP contribution in [0.5, 0.6) is 5.75 Å². The van der Waals surface area contributed by atoms with Gasteiger partial charge in [-0.1, -0.05) is 31.8 Å². The van der Waals surface area contributed by atoms with Crippen LogP contribution in [0.4, 0.5) is 0 Å². The third-order valence-electron chi connectivity index (χ3n) is 4.16. The first-order chi connectivity index (χ1) is 10.2. The minimum absolute atomic E-state index is 0.370. The Kier molecular flexibility index (Phi) is 5.67. The highest BCUT2D eigenvalue weighted by atomic mass is 16.5. The molecule has 114 valence electrons. The summed E-state index contributed by atoms with van der Waals surface area (Å²) in [6, 6.07) is 6.99. The molecule has 1 aliphatic rings. The second-order valence-corrected chi connectivity index (χ2v) is 5.96. The quantitative estimate of drug-likeness (QED) is 0.865. The van der Waals surface area contributed by atoms with Gasteiger partial charge < -0.3 is 10.5 Å². The fraction of sp³-hybridized carbons (Fsp3) is 0.556. The van der Waals surface area contributed by atoms with Gasteiger partial charge in [0.15, 0.2) is 0 Å². The number of hydrogen-bond acceptors (Lipinski definition) is 3. The van der Waals surface area contributed by atoms with Crippen molar-refractivity contribution in [3.63, 3.8) is 0 Å². The second-order valence-electron chi connectivity index (χ2n) is 5.96. The van der Waals surface area contributed by atoms with Gasteiger partial charge in [0.25, 0.3) is 0 Å². The smallest absolute Gasteiger partial charge is 0.134 e. The summed E-state index contributed by atoms with van der Waals surface area (Å²) < 4.78 is 5.37. The molecule has 0 spiro atoms. The van der Waals surface area contributed by atoms with Gasteiger partial charge in [-0.25, -0.2) is 0 Å². The molecular weight excluding hydrogens is 260 g/mol. The Bertz CT molecular complexity index is 528. The van der Waals surface area contributed by atoms with Crippen LogP contribution >= 0.6 is 0 Å². The molecule has 2 N–H and O–H groups in total. The Hall–Kier alpha value is -1.50. The van der Waals surface area contributed by atoms with Crippen molar-refractivity contribution in [2.24, 2.45) is 11.7 Å². The zero-order valence-corrected chi connectivity index (χ0v) is 13.4. The molecule has 1 saturated heterocycles. The van der Waals surface area contributed by atoms with Gasteiger partial charge in [-0.05, 0) is 43.0 Å². The molecule has 1 heterocycles. The molecule has 2 rings (SSSR count). The van der Waals surface area contributed by atoms with E-state index in [-0.39, 0.29) is 0 Å². The molecule has 1 aliphatic heterocycles. The van der Waals surface area contributed by atoms with E-state index in [1.54, 1.807) is 7.11 Å². The van der Waals surface area contributed by atoms with E-state index < -0.39 is 0 Å². The third-order valence-corrected chi connectivity index (χ3v) is 4.16. The van der Waals surface area contributed by atoms with Crippen molar-refractivity contribution in [3.8, 4) is 17.6 Å². The normalized spacial score (nSPS) is 18.6. The lowest BCUT2D eigenvalue weighted by Crippen LogP contribution is -2.32. The zero-order valence-electron chi connectivity index (χ0n) is 13.4. The first-order valence-corrected chi connectivity index (χ1v) is 7.75. The zero-order chi connectivity index (χ0) is 15.2. The number of likely N-dealkylation sites (tertiary alicyclic amines) is 1. The van der Waals surface area contributed by atoms with Gasteiger partial charge in [0.2, 0.25) is 0 Å². The van der Waals surface area contributed by atoms with Crippen molar-refractivity contribution in [1.29, 1.82) is 0 Å². The maximum Gasteiger partial charge on any atom is 0.134 e. The predicted molar refractivity (Wildman–Crippen MR) is 87.2 cm³/mol. The number of hydrogen-bond donors (Lipinski definition) is 1. The molecule has 1 fully saturated rings. The summed E-state index contributed by atoms with van der Waals surface area (Å²) in [5.41, 5.74) is 7.69. The van der Waals surface area contributed by atoms with E-state index in [9.17, 15) is 0 Å². The second kappa shape index (κ2) is 7.49. The Morgan fingerprint density at radius 1 is 1.43 bits per heavy atom. The maximum atomic E-state index is 5.47. The fourth-order valence-electron chi connectivity index (χ4n) is 3.14. The Morgan fingerprint density at radius 3 is 2.90 bits per heavy atom. The highest BCUT2D eigenvalue weighted by Crippen LogP contribution is 2.27. The molecule has 0 aromatic heterocycles. The summed E-state index contributed by atoms with van der Waals surface area (Å²) in [7, 11) is 1.68. The van der Waals surface area contributed by atoms with Crippen molar-refractivity contribution in [3.05, 3.63) is 29.3 Å². The van der Waals surface area contributed by atoms with Crippen molar-refractivity contribution in [1.82, 2.24) is 4.90 Å². The third kappa shape index (κ3) is 4.00. The van der Waals surface area contributed by atoms with Gasteiger partial charge in [-0.2, -0.15) is 0 Å². The molecule has 1 aromatic rings. The van der Waals surface area contributed by atoms with E-state index >= 15 is 0 Å². The lowest BCUT2D eigenvalue weighted by molar-refractivity contribution is 0.199. The van der Waals surface area contributed by atoms with E-state index in [1.165, 1.54) is 24.9 Å². The summed E-state index contributed by atoms with van der Waals surface area (Å²) in [6.07, 6.45) is 2.62. The molecule has 0 radical (unpaired) electrons. The van der Waals surface area contributed by atoms with Crippen molar-refractivity contribution in [2.75, 3.05) is 20.2 Å². The van der Waals surface area contributed by atoms with E-state index in [0.29, 0.717) is 18.5 Å². The van der Waals surface area contributed by atoms with Gasteiger partial charge in [0.1, 0.15) is 5.75 Å². The van der Waals surface area contributed by atoms with E-state index in [1.807, 2.05) is 6.07 Å². The van der Waals surface area contributed by atoms with Crippen LogP contribution in [-0.4, -0.2) is 31.1 Å². The summed E-state index contributed by atoms with van der Waals surface area (Å²) in [4.78, 5) is 2.59. The molecule has 0 aliphatic carbocycles. The average molecular weight is 286 g/mol. The minimum atomic E-state index is 0.370. The average Bonchev–Trinajstić information content (AvgIpc) is 2.93. The number of benzene rings is 1. The van der Waals surface area contributed by atoms with Crippen molar-refractivity contribution in [2.45, 2.75) is 39.3 Å². The molecule has 3 nitrogen and oxygen atoms in total. The van der Waals surface area contributed by atoms with E-state index in [4.69, 9.17) is 10.5 Å². The summed E-state index contributed by atoms with van der Waals surface area (Å²) in [5, 5.41) is 0. The van der Waals surface area contributed by atoms with Crippen LogP contribution in [0, 0.1) is 17.8 Å². The SMILES string of the molecule is COc1ccc(CN2CCCC2C(C)C)cc1C#CCN. The van der Waals surface area contributed by atoms with Crippen molar-refractivity contribution >= 4 is 0 Å². The number of ether oxygens (including phenoxy) is 1. The van der Waals surface area contributed by atoms with Crippen LogP contribution in [0.3, 0.4) is 0 Å². The Morgan fingerprint density at radius 2 is 2.24 bits per heavy atom. The van der Waals surface area contributed by atoms with Crippen LogP contribution < -0.4 is 10.5 Å². The number of rotatable bonds is 4. The molecule has 1 aromatic carbocycles.